The quantitative estimate of drug-likeness (QED) is 0.609. The molecule has 1 fully saturated rings. The number of para-hydroxylation sites is 1. The zero-order valence-corrected chi connectivity index (χ0v) is 13.6. The van der Waals surface area contributed by atoms with E-state index in [0.717, 1.165) is 12.8 Å². The normalized spacial score (nSPS) is 17.1. The molecule has 0 N–H and O–H groups in total. The van der Waals surface area contributed by atoms with Crippen LogP contribution in [-0.4, -0.2) is 44.9 Å². The molecule has 3 rings (SSSR count). The van der Waals surface area contributed by atoms with Gasteiger partial charge in [-0.05, 0) is 12.8 Å². The van der Waals surface area contributed by atoms with E-state index in [4.69, 9.17) is 4.74 Å². The Bertz CT molecular complexity index is 753. The van der Waals surface area contributed by atoms with E-state index in [0.29, 0.717) is 24.5 Å². The van der Waals surface area contributed by atoms with Crippen LogP contribution in [0.25, 0.3) is 0 Å². The summed E-state index contributed by atoms with van der Waals surface area (Å²) in [6.07, 6.45) is 4.53. The van der Waals surface area contributed by atoms with Crippen molar-refractivity contribution in [2.75, 3.05) is 13.1 Å². The molecule has 0 spiro atoms. The summed E-state index contributed by atoms with van der Waals surface area (Å²) in [6.45, 7) is 1.08. The van der Waals surface area contributed by atoms with Gasteiger partial charge in [0.25, 0.3) is 5.69 Å². The Balaban J connectivity index is 1.63. The third-order valence-electron chi connectivity index (χ3n) is 4.10. The van der Waals surface area contributed by atoms with Crippen LogP contribution in [0, 0.1) is 10.1 Å². The zero-order chi connectivity index (χ0) is 17.6. The summed E-state index contributed by atoms with van der Waals surface area (Å²) in [7, 11) is 0. The van der Waals surface area contributed by atoms with Gasteiger partial charge in [-0.15, -0.1) is 0 Å². The molecule has 1 aliphatic rings. The van der Waals surface area contributed by atoms with E-state index in [-0.39, 0.29) is 24.1 Å². The van der Waals surface area contributed by atoms with Crippen molar-refractivity contribution >= 4 is 11.6 Å². The molecule has 1 amide bonds. The van der Waals surface area contributed by atoms with Crippen molar-refractivity contribution in [3.8, 4) is 5.88 Å². The van der Waals surface area contributed by atoms with Crippen LogP contribution in [0.3, 0.4) is 0 Å². The average molecular weight is 342 g/mol. The minimum absolute atomic E-state index is 0.0113. The Morgan fingerprint density at radius 3 is 2.96 bits per heavy atom. The predicted molar refractivity (Wildman–Crippen MR) is 89.1 cm³/mol. The summed E-state index contributed by atoms with van der Waals surface area (Å²) in [6, 6.07) is 8.01. The van der Waals surface area contributed by atoms with E-state index in [9.17, 15) is 14.9 Å². The molecule has 0 aliphatic carbocycles. The van der Waals surface area contributed by atoms with E-state index in [1.54, 1.807) is 35.4 Å². The topological polar surface area (TPSA) is 98.5 Å². The number of rotatable bonds is 5. The Morgan fingerprint density at radius 2 is 2.20 bits per heavy atom. The second-order valence-electron chi connectivity index (χ2n) is 5.83. The van der Waals surface area contributed by atoms with Gasteiger partial charge in [0, 0.05) is 30.4 Å². The first-order valence-corrected chi connectivity index (χ1v) is 8.06. The van der Waals surface area contributed by atoms with E-state index in [1.807, 2.05) is 0 Å². The van der Waals surface area contributed by atoms with Crippen molar-refractivity contribution in [3.05, 3.63) is 58.5 Å². The van der Waals surface area contributed by atoms with Crippen LogP contribution in [-0.2, 0) is 11.2 Å². The van der Waals surface area contributed by atoms with Gasteiger partial charge in [0.15, 0.2) is 0 Å². The number of likely N-dealkylation sites (tertiary alicyclic amines) is 1. The fourth-order valence-corrected chi connectivity index (χ4v) is 2.89. The number of carbonyl (C=O) groups excluding carboxylic acids is 1. The lowest BCUT2D eigenvalue weighted by molar-refractivity contribution is -0.385. The van der Waals surface area contributed by atoms with E-state index in [1.165, 1.54) is 12.4 Å². The van der Waals surface area contributed by atoms with Gasteiger partial charge in [-0.3, -0.25) is 14.9 Å². The lowest BCUT2D eigenvalue weighted by Gasteiger charge is -2.32. The van der Waals surface area contributed by atoms with Crippen LogP contribution in [0.15, 0.2) is 42.9 Å². The first-order chi connectivity index (χ1) is 12.1. The highest BCUT2D eigenvalue weighted by Crippen LogP contribution is 2.21. The predicted octanol–water partition coefficient (Wildman–Crippen LogP) is 2.00. The number of nitro groups is 1. The number of aromatic nitrogens is 2. The Morgan fingerprint density at radius 1 is 1.36 bits per heavy atom. The van der Waals surface area contributed by atoms with Gasteiger partial charge in [-0.2, -0.15) is 0 Å². The number of nitrogens with zero attached hydrogens (tertiary/aromatic N) is 4. The first kappa shape index (κ1) is 16.8. The van der Waals surface area contributed by atoms with E-state index >= 15 is 0 Å². The molecule has 0 saturated carbocycles. The van der Waals surface area contributed by atoms with Crippen LogP contribution < -0.4 is 4.74 Å². The molecule has 8 heteroatoms. The molecule has 0 radical (unpaired) electrons. The SMILES string of the molecule is O=C(Cc1ccccc1[N+](=O)[O-])N1CCCC(Oc2ccncn2)C1. The molecule has 1 aromatic carbocycles. The molecule has 0 bridgehead atoms. The fourth-order valence-electron chi connectivity index (χ4n) is 2.89. The number of carbonyl (C=O) groups is 1. The molecule has 1 unspecified atom stereocenters. The summed E-state index contributed by atoms with van der Waals surface area (Å²) in [5, 5.41) is 11.1. The average Bonchev–Trinajstić information content (AvgIpc) is 2.63. The maximum atomic E-state index is 12.6. The smallest absolute Gasteiger partial charge is 0.273 e. The maximum Gasteiger partial charge on any atom is 0.273 e. The Hall–Kier alpha value is -3.03. The van der Waals surface area contributed by atoms with Crippen LogP contribution >= 0.6 is 0 Å². The molecule has 1 saturated heterocycles. The largest absolute Gasteiger partial charge is 0.472 e. The molecule has 1 aromatic heterocycles. The van der Waals surface area contributed by atoms with Crippen molar-refractivity contribution in [2.24, 2.45) is 0 Å². The standard InChI is InChI=1S/C17H18N4O4/c22-17(10-13-4-1-2-6-15(13)21(23)24)20-9-3-5-14(11-20)25-16-7-8-18-12-19-16/h1-2,4,6-8,12,14H,3,5,9-11H2. The molecule has 1 atom stereocenters. The van der Waals surface area contributed by atoms with Gasteiger partial charge in [0.05, 0.1) is 17.9 Å². The number of benzene rings is 1. The molecular weight excluding hydrogens is 324 g/mol. The second-order valence-corrected chi connectivity index (χ2v) is 5.83. The van der Waals surface area contributed by atoms with E-state index < -0.39 is 4.92 Å². The fraction of sp³-hybridized carbons (Fsp3) is 0.353. The first-order valence-electron chi connectivity index (χ1n) is 8.06. The molecule has 8 nitrogen and oxygen atoms in total. The third kappa shape index (κ3) is 4.28. The minimum atomic E-state index is -0.458. The lowest BCUT2D eigenvalue weighted by atomic mass is 10.1. The number of hydrogen-bond acceptors (Lipinski definition) is 6. The summed E-state index contributed by atoms with van der Waals surface area (Å²) >= 11 is 0. The number of hydrogen-bond donors (Lipinski definition) is 0. The van der Waals surface area contributed by atoms with Gasteiger partial charge >= 0.3 is 0 Å². The van der Waals surface area contributed by atoms with Crippen molar-refractivity contribution in [3.63, 3.8) is 0 Å². The number of nitro benzene ring substituents is 1. The van der Waals surface area contributed by atoms with Crippen LogP contribution in [0.1, 0.15) is 18.4 Å². The maximum absolute atomic E-state index is 12.6. The molecule has 2 heterocycles. The Labute approximate surface area is 144 Å². The zero-order valence-electron chi connectivity index (χ0n) is 13.6. The number of ether oxygens (including phenoxy) is 1. The third-order valence-corrected chi connectivity index (χ3v) is 4.10. The van der Waals surface area contributed by atoms with Crippen molar-refractivity contribution in [2.45, 2.75) is 25.4 Å². The number of amides is 1. The van der Waals surface area contributed by atoms with Gasteiger partial charge in [0.2, 0.25) is 11.8 Å². The van der Waals surface area contributed by atoms with Gasteiger partial charge in [0.1, 0.15) is 12.4 Å². The monoisotopic (exact) mass is 342 g/mol. The molecular formula is C17H18N4O4. The van der Waals surface area contributed by atoms with Crippen LogP contribution in [0.2, 0.25) is 0 Å². The summed E-state index contributed by atoms with van der Waals surface area (Å²) in [5.74, 6) is 0.346. The van der Waals surface area contributed by atoms with Crippen LogP contribution in [0.5, 0.6) is 5.88 Å². The Kier molecular flexibility index (Phi) is 5.17. The summed E-state index contributed by atoms with van der Waals surface area (Å²) in [5.41, 5.74) is 0.401. The molecule has 2 aromatic rings. The highest BCUT2D eigenvalue weighted by molar-refractivity contribution is 5.80. The minimum Gasteiger partial charge on any atom is -0.472 e. The highest BCUT2D eigenvalue weighted by Gasteiger charge is 2.26. The highest BCUT2D eigenvalue weighted by atomic mass is 16.6. The van der Waals surface area contributed by atoms with Gasteiger partial charge < -0.3 is 9.64 Å². The van der Waals surface area contributed by atoms with Crippen molar-refractivity contribution in [1.29, 1.82) is 0 Å². The van der Waals surface area contributed by atoms with E-state index in [2.05, 4.69) is 9.97 Å². The van der Waals surface area contributed by atoms with Crippen LogP contribution in [0.4, 0.5) is 5.69 Å². The van der Waals surface area contributed by atoms with Gasteiger partial charge in [-0.1, -0.05) is 18.2 Å². The number of piperidine rings is 1. The molecule has 1 aliphatic heterocycles. The lowest BCUT2D eigenvalue weighted by Crippen LogP contribution is -2.45. The second kappa shape index (κ2) is 7.69. The molecule has 25 heavy (non-hydrogen) atoms. The van der Waals surface area contributed by atoms with Crippen molar-refractivity contribution < 1.29 is 14.5 Å². The summed E-state index contributed by atoms with van der Waals surface area (Å²) < 4.78 is 5.79. The van der Waals surface area contributed by atoms with Gasteiger partial charge in [-0.25, -0.2) is 9.97 Å². The molecule has 130 valence electrons. The van der Waals surface area contributed by atoms with Crippen molar-refractivity contribution in [1.82, 2.24) is 14.9 Å². The summed E-state index contributed by atoms with van der Waals surface area (Å²) in [4.78, 5) is 32.8.